The van der Waals surface area contributed by atoms with Gasteiger partial charge in [0, 0.05) is 0 Å². The predicted molar refractivity (Wildman–Crippen MR) is 65.0 cm³/mol. The Morgan fingerprint density at radius 3 is 2.35 bits per heavy atom. The van der Waals surface area contributed by atoms with Crippen molar-refractivity contribution < 1.29 is 28.0 Å². The van der Waals surface area contributed by atoms with Crippen LogP contribution in [0.3, 0.4) is 0 Å². The molecule has 0 spiro atoms. The molecule has 0 heterocycles. The SMILES string of the molecule is O=[N+]([O-])c1ccccc1[S][Hg][c]1ccccc1. The van der Waals surface area contributed by atoms with E-state index in [9.17, 15) is 10.1 Å². The molecule has 2 rings (SSSR count). The molecule has 0 fully saturated rings. The van der Waals surface area contributed by atoms with Gasteiger partial charge >= 0.3 is 115 Å². The second-order valence-corrected chi connectivity index (χ2v) is 14.4. The van der Waals surface area contributed by atoms with E-state index in [1.54, 1.807) is 20.4 Å². The van der Waals surface area contributed by atoms with Crippen LogP contribution in [0.5, 0.6) is 0 Å². The van der Waals surface area contributed by atoms with E-state index in [1.165, 1.54) is 3.07 Å². The summed E-state index contributed by atoms with van der Waals surface area (Å²) in [6, 6.07) is 17.2. The molecule has 0 aliphatic heterocycles. The maximum absolute atomic E-state index is 10.9. The maximum atomic E-state index is 10.9. The second-order valence-electron chi connectivity index (χ2n) is 3.50. The van der Waals surface area contributed by atoms with E-state index < -0.39 is 23.1 Å². The Bertz CT molecular complexity index is 519. The van der Waals surface area contributed by atoms with Gasteiger partial charge in [-0.25, -0.2) is 0 Å². The van der Waals surface area contributed by atoms with Gasteiger partial charge in [0.2, 0.25) is 0 Å². The average Bonchev–Trinajstić information content (AvgIpc) is 2.38. The van der Waals surface area contributed by atoms with Crippen molar-refractivity contribution in [3.05, 3.63) is 64.7 Å². The molecule has 0 aliphatic rings. The summed E-state index contributed by atoms with van der Waals surface area (Å²) in [5, 5.41) is 10.9. The summed E-state index contributed by atoms with van der Waals surface area (Å²) in [5.41, 5.74) is 0.230. The molecule has 0 unspecified atom stereocenters. The summed E-state index contributed by atoms with van der Waals surface area (Å²) in [6.07, 6.45) is 0. The van der Waals surface area contributed by atoms with E-state index in [-0.39, 0.29) is 10.6 Å². The topological polar surface area (TPSA) is 43.1 Å². The molecule has 5 heteroatoms. The molecule has 0 atom stereocenters. The zero-order chi connectivity index (χ0) is 12.1. The van der Waals surface area contributed by atoms with Crippen LogP contribution in [-0.4, -0.2) is 4.92 Å². The Morgan fingerprint density at radius 2 is 1.65 bits per heavy atom. The van der Waals surface area contributed by atoms with Crippen LogP contribution in [0, 0.1) is 10.1 Å². The van der Waals surface area contributed by atoms with Crippen molar-refractivity contribution in [1.82, 2.24) is 0 Å². The minimum absolute atomic E-state index is 0.230. The van der Waals surface area contributed by atoms with Crippen LogP contribution >= 0.6 is 8.24 Å². The third kappa shape index (κ3) is 3.54. The van der Waals surface area contributed by atoms with Crippen LogP contribution in [0.15, 0.2) is 59.5 Å². The fourth-order valence-electron chi connectivity index (χ4n) is 1.47. The zero-order valence-electron chi connectivity index (χ0n) is 9.08. The molecule has 0 saturated heterocycles. The number of hydrogen-bond acceptors (Lipinski definition) is 3. The molecular formula is C12H9HgNO2S. The molecule has 82 valence electrons. The standard InChI is InChI=1S/C6H5NO2S.C6H5.Hg/c8-7(9)5-3-1-2-4-6(5)10;1-2-4-6-5-3-1;/h1-4,10H;1-5H;/q;;+1/p-1. The molecule has 0 amide bonds. The van der Waals surface area contributed by atoms with Gasteiger partial charge in [0.1, 0.15) is 0 Å². The van der Waals surface area contributed by atoms with Crippen LogP contribution in [0.1, 0.15) is 0 Å². The Morgan fingerprint density at radius 1 is 1.00 bits per heavy atom. The van der Waals surface area contributed by atoms with Gasteiger partial charge in [-0.1, -0.05) is 0 Å². The molecule has 0 N–H and O–H groups in total. The quantitative estimate of drug-likeness (QED) is 0.424. The molecule has 0 radical (unpaired) electrons. The Balaban J connectivity index is 2.12. The van der Waals surface area contributed by atoms with Crippen molar-refractivity contribution in [2.24, 2.45) is 0 Å². The van der Waals surface area contributed by atoms with Gasteiger partial charge in [-0.2, -0.15) is 0 Å². The Kier molecular flexibility index (Phi) is 4.56. The Hall–Kier alpha value is -0.875. The number of nitro benzene ring substituents is 1. The van der Waals surface area contributed by atoms with E-state index in [0.717, 1.165) is 4.90 Å². The first-order valence-electron chi connectivity index (χ1n) is 5.17. The summed E-state index contributed by atoms with van der Waals surface area (Å²) in [4.78, 5) is 11.4. The first-order chi connectivity index (χ1) is 8.27. The van der Waals surface area contributed by atoms with Crippen LogP contribution in [0.2, 0.25) is 0 Å². The normalized spacial score (nSPS) is 9.65. The predicted octanol–water partition coefficient (Wildman–Crippen LogP) is 3.01. The van der Waals surface area contributed by atoms with Gasteiger partial charge in [-0.05, 0) is 0 Å². The fourth-order valence-corrected chi connectivity index (χ4v) is 12.4. The number of nitrogens with zero attached hydrogens (tertiary/aromatic N) is 1. The number of nitro groups is 1. The van der Waals surface area contributed by atoms with Gasteiger partial charge in [0.05, 0.1) is 0 Å². The molecule has 2 aromatic carbocycles. The van der Waals surface area contributed by atoms with E-state index in [0.29, 0.717) is 0 Å². The van der Waals surface area contributed by atoms with E-state index >= 15 is 0 Å². The number of benzene rings is 2. The molecule has 3 nitrogen and oxygen atoms in total. The first kappa shape index (κ1) is 12.6. The van der Waals surface area contributed by atoms with E-state index in [4.69, 9.17) is 0 Å². The van der Waals surface area contributed by atoms with Crippen molar-refractivity contribution in [2.45, 2.75) is 4.90 Å². The van der Waals surface area contributed by atoms with Crippen molar-refractivity contribution in [2.75, 3.05) is 0 Å². The van der Waals surface area contributed by atoms with Gasteiger partial charge in [0.25, 0.3) is 0 Å². The minimum atomic E-state index is -1.33. The third-order valence-electron chi connectivity index (χ3n) is 2.30. The van der Waals surface area contributed by atoms with Crippen molar-refractivity contribution in [3.63, 3.8) is 0 Å². The number of hydrogen-bond donors (Lipinski definition) is 0. The van der Waals surface area contributed by atoms with Gasteiger partial charge in [-0.15, -0.1) is 0 Å². The van der Waals surface area contributed by atoms with Crippen LogP contribution in [-0.2, 0) is 23.1 Å². The second kappa shape index (κ2) is 6.16. The molecule has 0 bridgehead atoms. The summed E-state index contributed by atoms with van der Waals surface area (Å²) in [5.74, 6) is 0. The van der Waals surface area contributed by atoms with E-state index in [2.05, 4.69) is 12.1 Å². The summed E-state index contributed by atoms with van der Waals surface area (Å²) >= 11 is -1.33. The van der Waals surface area contributed by atoms with E-state index in [1.807, 2.05) is 30.3 Å². The van der Waals surface area contributed by atoms with Crippen molar-refractivity contribution in [1.29, 1.82) is 0 Å². The fraction of sp³-hybridized carbons (Fsp3) is 0. The monoisotopic (exact) mass is 433 g/mol. The first-order valence-corrected chi connectivity index (χ1v) is 15.6. The van der Waals surface area contributed by atoms with Crippen molar-refractivity contribution >= 4 is 17.0 Å². The summed E-state index contributed by atoms with van der Waals surface area (Å²) in [6.45, 7) is 0. The summed E-state index contributed by atoms with van der Waals surface area (Å²) in [7, 11) is 1.71. The van der Waals surface area contributed by atoms with Crippen LogP contribution in [0.4, 0.5) is 5.69 Å². The van der Waals surface area contributed by atoms with Crippen LogP contribution < -0.4 is 3.07 Å². The Labute approximate surface area is 114 Å². The number of para-hydroxylation sites is 1. The molecule has 17 heavy (non-hydrogen) atoms. The molecule has 0 aliphatic carbocycles. The molecular weight excluding hydrogens is 423 g/mol. The van der Waals surface area contributed by atoms with Gasteiger partial charge in [-0.3, -0.25) is 0 Å². The van der Waals surface area contributed by atoms with Gasteiger partial charge in [0.15, 0.2) is 0 Å². The van der Waals surface area contributed by atoms with Crippen molar-refractivity contribution in [3.8, 4) is 0 Å². The molecule has 0 saturated carbocycles. The zero-order valence-corrected chi connectivity index (χ0v) is 15.4. The number of rotatable bonds is 4. The molecule has 2 aromatic rings. The van der Waals surface area contributed by atoms with Gasteiger partial charge < -0.3 is 0 Å². The average molecular weight is 432 g/mol. The summed E-state index contributed by atoms with van der Waals surface area (Å²) < 4.78 is 1.38. The molecule has 0 aromatic heterocycles. The third-order valence-corrected chi connectivity index (χ3v) is 14.5. The van der Waals surface area contributed by atoms with Crippen LogP contribution in [0.25, 0.3) is 0 Å².